The summed E-state index contributed by atoms with van der Waals surface area (Å²) in [5.41, 5.74) is 6.78. The van der Waals surface area contributed by atoms with Crippen LogP contribution < -0.4 is 15.8 Å². The van der Waals surface area contributed by atoms with E-state index in [0.29, 0.717) is 11.3 Å². The number of hydrogen-bond donors (Lipinski definition) is 3. The van der Waals surface area contributed by atoms with Crippen LogP contribution in [0.2, 0.25) is 0 Å². The number of sulfonamides is 1. The maximum Gasteiger partial charge on any atom is 0.240 e. The van der Waals surface area contributed by atoms with Crippen LogP contribution in [0.3, 0.4) is 0 Å². The number of anilines is 1. The Morgan fingerprint density at radius 1 is 1.47 bits per heavy atom. The SMILES string of the molecule is CC(CN)NS(=O)(=O)c1ccc2c(c1)C(C)C(=O)N2. The summed E-state index contributed by atoms with van der Waals surface area (Å²) in [5, 5.41) is 2.70. The van der Waals surface area contributed by atoms with E-state index in [4.69, 9.17) is 5.73 Å². The van der Waals surface area contributed by atoms with Crippen LogP contribution in [0, 0.1) is 0 Å². The maximum absolute atomic E-state index is 12.1. The molecule has 0 bridgehead atoms. The predicted molar refractivity (Wildman–Crippen MR) is 72.3 cm³/mol. The topological polar surface area (TPSA) is 101 Å². The monoisotopic (exact) mass is 283 g/mol. The average Bonchev–Trinajstić information content (AvgIpc) is 2.64. The molecular formula is C12H17N3O3S. The van der Waals surface area contributed by atoms with E-state index < -0.39 is 10.0 Å². The number of carbonyl (C=O) groups excluding carboxylic acids is 1. The van der Waals surface area contributed by atoms with Gasteiger partial charge in [-0.1, -0.05) is 0 Å². The van der Waals surface area contributed by atoms with Crippen LogP contribution in [0.1, 0.15) is 25.3 Å². The van der Waals surface area contributed by atoms with Crippen molar-refractivity contribution in [1.82, 2.24) is 4.72 Å². The van der Waals surface area contributed by atoms with Gasteiger partial charge in [0.05, 0.1) is 10.8 Å². The van der Waals surface area contributed by atoms with Gasteiger partial charge in [0.25, 0.3) is 0 Å². The van der Waals surface area contributed by atoms with Gasteiger partial charge in [-0.25, -0.2) is 13.1 Å². The van der Waals surface area contributed by atoms with Crippen molar-refractivity contribution in [3.05, 3.63) is 23.8 Å². The number of carbonyl (C=O) groups is 1. The van der Waals surface area contributed by atoms with Gasteiger partial charge in [0.2, 0.25) is 15.9 Å². The highest BCUT2D eigenvalue weighted by atomic mass is 32.2. The summed E-state index contributed by atoms with van der Waals surface area (Å²) in [6.45, 7) is 3.66. The summed E-state index contributed by atoms with van der Waals surface area (Å²) in [5.74, 6) is -0.454. The van der Waals surface area contributed by atoms with Crippen molar-refractivity contribution >= 4 is 21.6 Å². The van der Waals surface area contributed by atoms with Crippen molar-refractivity contribution in [2.75, 3.05) is 11.9 Å². The quantitative estimate of drug-likeness (QED) is 0.743. The third-order valence-corrected chi connectivity index (χ3v) is 4.75. The summed E-state index contributed by atoms with van der Waals surface area (Å²) in [7, 11) is -3.60. The predicted octanol–water partition coefficient (Wildman–Crippen LogP) is 0.368. The second-order valence-electron chi connectivity index (χ2n) is 4.72. The lowest BCUT2D eigenvalue weighted by Crippen LogP contribution is -2.37. The van der Waals surface area contributed by atoms with Gasteiger partial charge in [0.15, 0.2) is 0 Å². The van der Waals surface area contributed by atoms with E-state index in [1.54, 1.807) is 19.9 Å². The molecule has 1 aliphatic rings. The Labute approximate surface area is 112 Å². The minimum Gasteiger partial charge on any atom is -0.329 e. The molecule has 19 heavy (non-hydrogen) atoms. The Kier molecular flexibility index (Phi) is 3.62. The fourth-order valence-electron chi connectivity index (χ4n) is 1.94. The van der Waals surface area contributed by atoms with Gasteiger partial charge in [-0.05, 0) is 37.6 Å². The first-order valence-electron chi connectivity index (χ1n) is 6.02. The van der Waals surface area contributed by atoms with Crippen molar-refractivity contribution in [3.63, 3.8) is 0 Å². The molecular weight excluding hydrogens is 266 g/mol. The molecule has 0 aliphatic carbocycles. The number of nitrogens with two attached hydrogens (primary N) is 1. The Balaban J connectivity index is 2.36. The lowest BCUT2D eigenvalue weighted by Gasteiger charge is -2.13. The zero-order chi connectivity index (χ0) is 14.2. The number of amides is 1. The molecule has 0 saturated heterocycles. The van der Waals surface area contributed by atoms with Crippen molar-refractivity contribution in [3.8, 4) is 0 Å². The van der Waals surface area contributed by atoms with Crippen molar-refractivity contribution in [1.29, 1.82) is 0 Å². The Morgan fingerprint density at radius 2 is 2.16 bits per heavy atom. The van der Waals surface area contributed by atoms with Crippen LogP contribution in [-0.2, 0) is 14.8 Å². The molecule has 7 heteroatoms. The van der Waals surface area contributed by atoms with Gasteiger partial charge in [0.1, 0.15) is 0 Å². The standard InChI is InChI=1S/C12H17N3O3S/c1-7(6-13)15-19(17,18)9-3-4-11-10(5-9)8(2)12(16)14-11/h3-5,7-8,15H,6,13H2,1-2H3,(H,14,16). The average molecular weight is 283 g/mol. The summed E-state index contributed by atoms with van der Waals surface area (Å²) in [6, 6.07) is 4.28. The molecule has 1 heterocycles. The highest BCUT2D eigenvalue weighted by Crippen LogP contribution is 2.33. The molecule has 104 valence electrons. The first-order valence-corrected chi connectivity index (χ1v) is 7.50. The van der Waals surface area contributed by atoms with E-state index in [2.05, 4.69) is 10.0 Å². The lowest BCUT2D eigenvalue weighted by molar-refractivity contribution is -0.116. The molecule has 0 aromatic heterocycles. The molecule has 0 fully saturated rings. The van der Waals surface area contributed by atoms with E-state index in [9.17, 15) is 13.2 Å². The molecule has 1 aromatic rings. The van der Waals surface area contributed by atoms with Gasteiger partial charge < -0.3 is 11.1 Å². The van der Waals surface area contributed by atoms with Crippen molar-refractivity contribution in [2.45, 2.75) is 30.7 Å². The lowest BCUT2D eigenvalue weighted by atomic mass is 10.0. The number of nitrogens with one attached hydrogen (secondary N) is 2. The van der Waals surface area contributed by atoms with Gasteiger partial charge >= 0.3 is 0 Å². The van der Waals surface area contributed by atoms with Crippen LogP contribution in [0.25, 0.3) is 0 Å². The molecule has 2 rings (SSSR count). The van der Waals surface area contributed by atoms with Crippen LogP contribution in [0.4, 0.5) is 5.69 Å². The summed E-state index contributed by atoms with van der Waals surface area (Å²) < 4.78 is 26.7. The van der Waals surface area contributed by atoms with Crippen LogP contribution in [0.15, 0.2) is 23.1 Å². The van der Waals surface area contributed by atoms with Crippen LogP contribution in [-0.4, -0.2) is 26.9 Å². The highest BCUT2D eigenvalue weighted by Gasteiger charge is 2.28. The number of rotatable bonds is 4. The van der Waals surface area contributed by atoms with E-state index >= 15 is 0 Å². The van der Waals surface area contributed by atoms with E-state index in [-0.39, 0.29) is 29.3 Å². The molecule has 4 N–H and O–H groups in total. The smallest absolute Gasteiger partial charge is 0.240 e. The number of benzene rings is 1. The van der Waals surface area contributed by atoms with Crippen molar-refractivity contribution in [2.24, 2.45) is 5.73 Å². The van der Waals surface area contributed by atoms with Gasteiger partial charge in [-0.3, -0.25) is 4.79 Å². The summed E-state index contributed by atoms with van der Waals surface area (Å²) in [4.78, 5) is 11.7. The molecule has 1 amide bonds. The normalized spacial score (nSPS) is 19.9. The van der Waals surface area contributed by atoms with Gasteiger partial charge in [-0.2, -0.15) is 0 Å². The Morgan fingerprint density at radius 3 is 2.79 bits per heavy atom. The number of fused-ring (bicyclic) bond motifs is 1. The zero-order valence-electron chi connectivity index (χ0n) is 10.8. The summed E-state index contributed by atoms with van der Waals surface area (Å²) in [6.07, 6.45) is 0. The fraction of sp³-hybridized carbons (Fsp3) is 0.417. The molecule has 6 nitrogen and oxygen atoms in total. The third-order valence-electron chi connectivity index (χ3n) is 3.16. The maximum atomic E-state index is 12.1. The summed E-state index contributed by atoms with van der Waals surface area (Å²) >= 11 is 0. The molecule has 0 radical (unpaired) electrons. The van der Waals surface area contributed by atoms with Gasteiger partial charge in [0, 0.05) is 18.3 Å². The van der Waals surface area contributed by atoms with E-state index in [1.807, 2.05) is 0 Å². The second kappa shape index (κ2) is 4.92. The largest absolute Gasteiger partial charge is 0.329 e. The minimum absolute atomic E-state index is 0.118. The highest BCUT2D eigenvalue weighted by molar-refractivity contribution is 7.89. The molecule has 1 aliphatic heterocycles. The second-order valence-corrected chi connectivity index (χ2v) is 6.43. The minimum atomic E-state index is -3.60. The molecule has 2 atom stereocenters. The third kappa shape index (κ3) is 2.63. The van der Waals surface area contributed by atoms with E-state index in [0.717, 1.165) is 0 Å². The van der Waals surface area contributed by atoms with Gasteiger partial charge in [-0.15, -0.1) is 0 Å². The molecule has 2 unspecified atom stereocenters. The number of hydrogen-bond acceptors (Lipinski definition) is 4. The first kappa shape index (κ1) is 14.0. The van der Waals surface area contributed by atoms with Crippen molar-refractivity contribution < 1.29 is 13.2 Å². The Bertz CT molecular complexity index is 613. The molecule has 0 spiro atoms. The van der Waals surface area contributed by atoms with Crippen LogP contribution in [0.5, 0.6) is 0 Å². The molecule has 1 aromatic carbocycles. The Hall–Kier alpha value is -1.44. The van der Waals surface area contributed by atoms with E-state index in [1.165, 1.54) is 12.1 Å². The zero-order valence-corrected chi connectivity index (χ0v) is 11.6. The fourth-order valence-corrected chi connectivity index (χ4v) is 3.23. The first-order chi connectivity index (χ1) is 8.85. The molecule has 0 saturated carbocycles. The van der Waals surface area contributed by atoms with Crippen LogP contribution >= 0.6 is 0 Å².